The number of hydrogen-bond acceptors (Lipinski definition) is 8. The van der Waals surface area contributed by atoms with Crippen LogP contribution in [0.1, 0.15) is 53.2 Å². The first-order valence-corrected chi connectivity index (χ1v) is 12.8. The molecular weight excluding hydrogens is 497 g/mol. The summed E-state index contributed by atoms with van der Waals surface area (Å²) in [5, 5.41) is 7.33. The molecule has 0 bridgehead atoms. The minimum atomic E-state index is -4.59. The van der Waals surface area contributed by atoms with Crippen LogP contribution in [0.25, 0.3) is 16.8 Å². The van der Waals surface area contributed by atoms with Crippen LogP contribution in [-0.4, -0.2) is 63.4 Å². The van der Waals surface area contributed by atoms with E-state index in [0.29, 0.717) is 40.4 Å². The maximum atomic E-state index is 14.1. The largest absolute Gasteiger partial charge is 0.419 e. The molecule has 6 rings (SSSR count). The highest BCUT2D eigenvalue weighted by Gasteiger charge is 2.40. The van der Waals surface area contributed by atoms with Gasteiger partial charge in [0.1, 0.15) is 11.3 Å². The molecule has 2 aliphatic carbocycles. The zero-order chi connectivity index (χ0) is 26.6. The van der Waals surface area contributed by atoms with Gasteiger partial charge in [-0.05, 0) is 39.2 Å². The maximum Gasteiger partial charge on any atom is 0.419 e. The van der Waals surface area contributed by atoms with Gasteiger partial charge in [0.05, 0.1) is 34.4 Å². The van der Waals surface area contributed by atoms with Gasteiger partial charge in [-0.25, -0.2) is 9.97 Å². The Morgan fingerprint density at radius 2 is 1.95 bits per heavy atom. The first-order chi connectivity index (χ1) is 18.2. The van der Waals surface area contributed by atoms with E-state index in [0.717, 1.165) is 44.1 Å². The van der Waals surface area contributed by atoms with E-state index < -0.39 is 11.7 Å². The predicted molar refractivity (Wildman–Crippen MR) is 134 cm³/mol. The zero-order valence-corrected chi connectivity index (χ0v) is 21.5. The van der Waals surface area contributed by atoms with E-state index in [4.69, 9.17) is 14.2 Å². The van der Waals surface area contributed by atoms with Gasteiger partial charge in [-0.3, -0.25) is 9.88 Å². The second-order valence-electron chi connectivity index (χ2n) is 10.2. The summed E-state index contributed by atoms with van der Waals surface area (Å²) in [5.74, 6) is 0.858. The van der Waals surface area contributed by atoms with Gasteiger partial charge in [-0.2, -0.15) is 13.2 Å². The van der Waals surface area contributed by atoms with E-state index in [9.17, 15) is 13.2 Å². The third-order valence-electron chi connectivity index (χ3n) is 7.88. The van der Waals surface area contributed by atoms with Gasteiger partial charge in [0.2, 0.25) is 5.95 Å². The third kappa shape index (κ3) is 4.37. The van der Waals surface area contributed by atoms with Crippen LogP contribution in [0.15, 0.2) is 28.9 Å². The molecule has 2 atom stereocenters. The highest BCUT2D eigenvalue weighted by molar-refractivity contribution is 5.85. The number of hydrogen-bond donors (Lipinski definition) is 1. The molecule has 38 heavy (non-hydrogen) atoms. The third-order valence-corrected chi connectivity index (χ3v) is 7.88. The van der Waals surface area contributed by atoms with Crippen molar-refractivity contribution in [1.82, 2.24) is 25.0 Å². The number of nitrogens with zero attached hydrogens (tertiary/aromatic N) is 5. The minimum absolute atomic E-state index is 0.0708. The summed E-state index contributed by atoms with van der Waals surface area (Å²) in [5.41, 5.74) is 2.97. The van der Waals surface area contributed by atoms with Gasteiger partial charge < -0.3 is 14.6 Å². The molecular formula is C27H29F3N6O2. The normalized spacial score (nSPS) is 21.9. The number of pyridine rings is 1. The Kier molecular flexibility index (Phi) is 6.22. The zero-order valence-electron chi connectivity index (χ0n) is 21.5. The molecule has 200 valence electrons. The minimum Gasteiger partial charge on any atom is -0.379 e. The fourth-order valence-corrected chi connectivity index (χ4v) is 5.89. The monoisotopic (exact) mass is 526 g/mol. The van der Waals surface area contributed by atoms with Gasteiger partial charge in [-0.15, -0.1) is 0 Å². The Labute approximate surface area is 218 Å². The second-order valence-corrected chi connectivity index (χ2v) is 10.2. The molecule has 4 heterocycles. The lowest BCUT2D eigenvalue weighted by atomic mass is 10.0. The number of likely N-dealkylation sites (tertiary alicyclic amines) is 1. The van der Waals surface area contributed by atoms with Crippen LogP contribution in [0.3, 0.4) is 0 Å². The van der Waals surface area contributed by atoms with Crippen LogP contribution < -0.4 is 5.32 Å². The van der Waals surface area contributed by atoms with E-state index in [2.05, 4.69) is 25.3 Å². The van der Waals surface area contributed by atoms with Crippen molar-refractivity contribution in [3.05, 3.63) is 58.4 Å². The van der Waals surface area contributed by atoms with Crippen molar-refractivity contribution in [3.8, 4) is 11.3 Å². The molecule has 0 amide bonds. The summed E-state index contributed by atoms with van der Waals surface area (Å²) >= 11 is 0. The van der Waals surface area contributed by atoms with Crippen molar-refractivity contribution in [2.45, 2.75) is 63.9 Å². The lowest BCUT2D eigenvalue weighted by Gasteiger charge is -2.44. The Balaban J connectivity index is 1.30. The molecule has 1 saturated carbocycles. The Bertz CT molecular complexity index is 1380. The van der Waals surface area contributed by atoms with Gasteiger partial charge in [0, 0.05) is 56.0 Å². The number of allylic oxidation sites excluding steroid dienone is 1. The molecule has 3 aromatic heterocycles. The molecule has 2 fully saturated rings. The SMILES string of the molecule is COC1CN([C@@H]2CCC[C@@H]2Nc2ncc(C(F)(F)F)c(C3=CCc4nc(-c5c(C)noc5C)ccc43)n2)C1. The van der Waals surface area contributed by atoms with Crippen molar-refractivity contribution in [3.63, 3.8) is 0 Å². The summed E-state index contributed by atoms with van der Waals surface area (Å²) in [6.45, 7) is 5.38. The molecule has 1 saturated heterocycles. The molecule has 1 aliphatic heterocycles. The quantitative estimate of drug-likeness (QED) is 0.490. The van der Waals surface area contributed by atoms with E-state index in [-0.39, 0.29) is 29.8 Å². The lowest BCUT2D eigenvalue weighted by molar-refractivity contribution is -0.138. The van der Waals surface area contributed by atoms with Crippen molar-refractivity contribution >= 4 is 11.5 Å². The van der Waals surface area contributed by atoms with E-state index >= 15 is 0 Å². The Morgan fingerprint density at radius 1 is 1.13 bits per heavy atom. The number of ether oxygens (including phenoxy) is 1. The highest BCUT2D eigenvalue weighted by Crippen LogP contribution is 2.40. The number of rotatable bonds is 6. The summed E-state index contributed by atoms with van der Waals surface area (Å²) in [6, 6.07) is 3.96. The van der Waals surface area contributed by atoms with E-state index in [1.165, 1.54) is 0 Å². The highest BCUT2D eigenvalue weighted by atomic mass is 19.4. The van der Waals surface area contributed by atoms with Crippen LogP contribution in [0, 0.1) is 13.8 Å². The smallest absolute Gasteiger partial charge is 0.379 e. The van der Waals surface area contributed by atoms with Crippen LogP contribution in [0.5, 0.6) is 0 Å². The average Bonchev–Trinajstić information content (AvgIpc) is 3.56. The second kappa shape index (κ2) is 9.46. The molecule has 3 aromatic rings. The van der Waals surface area contributed by atoms with E-state index in [1.807, 2.05) is 13.8 Å². The number of fused-ring (bicyclic) bond motifs is 1. The van der Waals surface area contributed by atoms with Gasteiger partial charge >= 0.3 is 6.18 Å². The standard InChI is InChI=1S/C27H29F3N6O2/c1-14-24(15(2)38-35-14)22-10-7-17-18(8-9-20(17)32-22)25-19(27(28,29)30)11-31-26(34-25)33-21-5-4-6-23(21)36-12-16(13-36)37-3/h7-8,10-11,16,21,23H,4-6,9,12-13H2,1-3H3,(H,31,33,34)/t21-,23+/m0/s1. The molecule has 11 heteroatoms. The van der Waals surface area contributed by atoms with Crippen molar-refractivity contribution < 1.29 is 22.4 Å². The Morgan fingerprint density at radius 3 is 2.66 bits per heavy atom. The van der Waals surface area contributed by atoms with Gasteiger partial charge in [-0.1, -0.05) is 17.3 Å². The molecule has 1 N–H and O–H groups in total. The number of aromatic nitrogens is 4. The van der Waals surface area contributed by atoms with Crippen molar-refractivity contribution in [2.75, 3.05) is 25.5 Å². The first-order valence-electron chi connectivity index (χ1n) is 12.8. The Hall–Kier alpha value is -3.31. The number of alkyl halides is 3. The molecule has 8 nitrogen and oxygen atoms in total. The predicted octanol–water partition coefficient (Wildman–Crippen LogP) is 4.81. The fourth-order valence-electron chi connectivity index (χ4n) is 5.89. The van der Waals surface area contributed by atoms with Crippen molar-refractivity contribution in [2.24, 2.45) is 0 Å². The number of halogens is 3. The van der Waals surface area contributed by atoms with E-state index in [1.54, 1.807) is 25.3 Å². The average molecular weight is 527 g/mol. The van der Waals surface area contributed by atoms with Crippen LogP contribution in [-0.2, 0) is 17.3 Å². The topological polar surface area (TPSA) is 89.2 Å². The number of methoxy groups -OCH3 is 1. The summed E-state index contributed by atoms with van der Waals surface area (Å²) < 4.78 is 52.9. The maximum absolute atomic E-state index is 14.1. The number of nitrogens with one attached hydrogen (secondary N) is 1. The summed E-state index contributed by atoms with van der Waals surface area (Å²) in [6.07, 6.45) is 1.70. The van der Waals surface area contributed by atoms with Gasteiger partial charge in [0.25, 0.3) is 0 Å². The number of anilines is 1. The summed E-state index contributed by atoms with van der Waals surface area (Å²) in [4.78, 5) is 15.6. The van der Waals surface area contributed by atoms with Crippen molar-refractivity contribution in [1.29, 1.82) is 0 Å². The fraction of sp³-hybridized carbons (Fsp3) is 0.481. The summed E-state index contributed by atoms with van der Waals surface area (Å²) in [7, 11) is 1.72. The molecule has 0 radical (unpaired) electrons. The van der Waals surface area contributed by atoms with Gasteiger partial charge in [0.15, 0.2) is 0 Å². The van der Waals surface area contributed by atoms with Crippen LogP contribution >= 0.6 is 0 Å². The first kappa shape index (κ1) is 25.0. The van der Waals surface area contributed by atoms with Crippen LogP contribution in [0.2, 0.25) is 0 Å². The molecule has 0 aromatic carbocycles. The van der Waals surface area contributed by atoms with Crippen LogP contribution in [0.4, 0.5) is 19.1 Å². The molecule has 0 spiro atoms. The molecule has 0 unspecified atom stereocenters. The lowest BCUT2D eigenvalue weighted by Crippen LogP contribution is -2.59. The number of aryl methyl sites for hydroxylation is 2. The molecule has 3 aliphatic rings.